The summed E-state index contributed by atoms with van der Waals surface area (Å²) in [4.78, 5) is 0. The highest BCUT2D eigenvalue weighted by Crippen LogP contribution is 2.41. The van der Waals surface area contributed by atoms with Crippen LogP contribution in [0.5, 0.6) is 5.75 Å². The number of nitriles is 1. The van der Waals surface area contributed by atoms with Gasteiger partial charge in [0.2, 0.25) is 0 Å². The highest BCUT2D eigenvalue weighted by molar-refractivity contribution is 6.90. The van der Waals surface area contributed by atoms with E-state index in [1.165, 1.54) is 13.2 Å². The molecule has 29 heavy (non-hydrogen) atoms. The lowest BCUT2D eigenvalue weighted by atomic mass is 9.99. The van der Waals surface area contributed by atoms with Crippen LogP contribution in [0.4, 0.5) is 4.39 Å². The zero-order valence-corrected chi connectivity index (χ0v) is 19.4. The van der Waals surface area contributed by atoms with Crippen LogP contribution in [0.25, 0.3) is 10.8 Å². The van der Waals surface area contributed by atoms with E-state index in [9.17, 15) is 9.65 Å². The van der Waals surface area contributed by atoms with Crippen molar-refractivity contribution in [2.45, 2.75) is 58.2 Å². The van der Waals surface area contributed by atoms with Crippen LogP contribution in [0.2, 0.25) is 16.6 Å². The van der Waals surface area contributed by atoms with Crippen molar-refractivity contribution in [2.75, 3.05) is 13.9 Å². The second-order valence-corrected chi connectivity index (χ2v) is 13.9. The van der Waals surface area contributed by atoms with Gasteiger partial charge in [0.25, 0.3) is 0 Å². The molecule has 0 N–H and O–H groups in total. The van der Waals surface area contributed by atoms with E-state index in [-0.39, 0.29) is 6.79 Å². The molecule has 0 saturated heterocycles. The number of ether oxygens (including phenoxy) is 2. The van der Waals surface area contributed by atoms with Crippen molar-refractivity contribution in [1.82, 2.24) is 0 Å². The number of methoxy groups -OCH3 is 1. The van der Waals surface area contributed by atoms with Crippen LogP contribution in [-0.4, -0.2) is 22.0 Å². The van der Waals surface area contributed by atoms with Crippen LogP contribution in [0.15, 0.2) is 24.3 Å². The van der Waals surface area contributed by atoms with E-state index in [0.29, 0.717) is 38.9 Å². The molecule has 154 valence electrons. The van der Waals surface area contributed by atoms with E-state index in [0.717, 1.165) is 5.39 Å². The first kappa shape index (κ1) is 22.9. The average Bonchev–Trinajstić information content (AvgIpc) is 2.66. The van der Waals surface area contributed by atoms with Crippen LogP contribution in [0, 0.1) is 28.6 Å². The molecule has 0 aromatic heterocycles. The van der Waals surface area contributed by atoms with Gasteiger partial charge in [-0.2, -0.15) is 5.26 Å². The lowest BCUT2D eigenvalue weighted by Crippen LogP contribution is -2.43. The Morgan fingerprint density at radius 3 is 2.17 bits per heavy atom. The highest BCUT2D eigenvalue weighted by Gasteiger charge is 2.41. The molecule has 0 fully saturated rings. The molecule has 2 aromatic carbocycles. The van der Waals surface area contributed by atoms with Crippen molar-refractivity contribution in [3.05, 3.63) is 41.2 Å². The summed E-state index contributed by atoms with van der Waals surface area (Å²) in [5.41, 5.74) is 5.55. The molecule has 0 bridgehead atoms. The summed E-state index contributed by atoms with van der Waals surface area (Å²) in [6.07, 6.45) is 0. The van der Waals surface area contributed by atoms with E-state index < -0.39 is 13.9 Å². The summed E-state index contributed by atoms with van der Waals surface area (Å²) >= 11 is 0. The van der Waals surface area contributed by atoms with E-state index in [1.807, 2.05) is 0 Å². The molecule has 2 rings (SSSR count). The summed E-state index contributed by atoms with van der Waals surface area (Å²) in [5, 5.41) is 11.0. The van der Waals surface area contributed by atoms with Gasteiger partial charge >= 0.3 is 0 Å². The van der Waals surface area contributed by atoms with Crippen molar-refractivity contribution < 1.29 is 13.9 Å². The topological polar surface area (TPSA) is 42.2 Å². The van der Waals surface area contributed by atoms with Gasteiger partial charge in [0.15, 0.2) is 6.79 Å². The number of fused-ring (bicyclic) bond motifs is 1. The molecule has 0 amide bonds. The van der Waals surface area contributed by atoms with Crippen molar-refractivity contribution in [2.24, 2.45) is 0 Å². The van der Waals surface area contributed by atoms with Crippen molar-refractivity contribution in [3.8, 4) is 23.3 Å². The predicted octanol–water partition coefficient (Wildman–Crippen LogP) is 6.40. The lowest BCUT2D eigenvalue weighted by Gasteiger charge is -2.38. The summed E-state index contributed by atoms with van der Waals surface area (Å²) in [6.45, 7) is 13.4. The summed E-state index contributed by atoms with van der Waals surface area (Å²) in [7, 11) is -0.497. The quantitative estimate of drug-likeness (QED) is 0.314. The third-order valence-electron chi connectivity index (χ3n) is 5.77. The number of hydrogen-bond donors (Lipinski definition) is 0. The molecule has 0 spiro atoms. The minimum Gasteiger partial charge on any atom is -0.468 e. The first-order chi connectivity index (χ1) is 13.7. The smallest absolute Gasteiger partial charge is 0.188 e. The average molecular weight is 412 g/mol. The number of benzene rings is 2. The molecule has 0 heterocycles. The Hall–Kier alpha value is -2.34. The maximum absolute atomic E-state index is 14.9. The van der Waals surface area contributed by atoms with Gasteiger partial charge in [0, 0.05) is 12.5 Å². The minimum atomic E-state index is -2.03. The Kier molecular flexibility index (Phi) is 7.46. The van der Waals surface area contributed by atoms with Crippen LogP contribution in [0.1, 0.15) is 52.7 Å². The molecule has 3 nitrogen and oxygen atoms in total. The van der Waals surface area contributed by atoms with Crippen molar-refractivity contribution in [3.63, 3.8) is 0 Å². The molecule has 2 aromatic rings. The van der Waals surface area contributed by atoms with Gasteiger partial charge in [0.05, 0.1) is 17.2 Å². The first-order valence-corrected chi connectivity index (χ1v) is 12.2. The molecule has 0 radical (unpaired) electrons. The predicted molar refractivity (Wildman–Crippen MR) is 119 cm³/mol. The fourth-order valence-electron chi connectivity index (χ4n) is 4.44. The Bertz CT molecular complexity index is 958. The van der Waals surface area contributed by atoms with Crippen LogP contribution < -0.4 is 4.74 Å². The Balaban J connectivity index is 2.76. The van der Waals surface area contributed by atoms with Gasteiger partial charge in [-0.05, 0) is 40.2 Å². The van der Waals surface area contributed by atoms with Crippen molar-refractivity contribution in [1.29, 1.82) is 5.26 Å². The summed E-state index contributed by atoms with van der Waals surface area (Å²) < 4.78 is 25.3. The molecule has 0 aliphatic rings. The van der Waals surface area contributed by atoms with Crippen LogP contribution in [-0.2, 0) is 4.74 Å². The fraction of sp³-hybridized carbons (Fsp3) is 0.458. The number of nitrogens with zero attached hydrogens (tertiary/aromatic N) is 1. The normalized spacial score (nSPS) is 11.7. The van der Waals surface area contributed by atoms with E-state index >= 15 is 0 Å². The summed E-state index contributed by atoms with van der Waals surface area (Å²) in [6, 6.07) is 8.66. The zero-order valence-electron chi connectivity index (χ0n) is 18.4. The molecule has 0 saturated carbocycles. The Labute approximate surface area is 174 Å². The van der Waals surface area contributed by atoms with Gasteiger partial charge in [-0.25, -0.2) is 4.39 Å². The minimum absolute atomic E-state index is 0.0789. The van der Waals surface area contributed by atoms with Gasteiger partial charge in [-0.1, -0.05) is 53.5 Å². The first-order valence-electron chi connectivity index (χ1n) is 10.00. The van der Waals surface area contributed by atoms with Gasteiger partial charge < -0.3 is 9.47 Å². The van der Waals surface area contributed by atoms with Gasteiger partial charge in [0.1, 0.15) is 19.6 Å². The zero-order chi connectivity index (χ0) is 21.8. The second-order valence-electron chi connectivity index (χ2n) is 8.30. The van der Waals surface area contributed by atoms with Gasteiger partial charge in [-0.15, -0.1) is 5.54 Å². The number of halogens is 1. The standard InChI is InChI=1S/C24H30FNO2Si/c1-16(2)29(17(3)4,18(5)6)11-10-22-23(25)9-8-19-12-21(28-15-27-7)13-20(14-26)24(19)22/h8-9,12-13,16-18H,15H2,1-7H3. The highest BCUT2D eigenvalue weighted by atomic mass is 28.3. The molecule has 0 atom stereocenters. The Morgan fingerprint density at radius 1 is 1.03 bits per heavy atom. The number of hydrogen-bond acceptors (Lipinski definition) is 3. The third kappa shape index (κ3) is 4.47. The van der Waals surface area contributed by atoms with E-state index in [1.54, 1.807) is 18.2 Å². The molecular formula is C24H30FNO2Si. The van der Waals surface area contributed by atoms with Crippen LogP contribution >= 0.6 is 0 Å². The fourth-order valence-corrected chi connectivity index (χ4v) is 9.65. The van der Waals surface area contributed by atoms with E-state index in [4.69, 9.17) is 9.47 Å². The second kappa shape index (κ2) is 9.44. The lowest BCUT2D eigenvalue weighted by molar-refractivity contribution is 0.0512. The SMILES string of the molecule is COCOc1cc(C#N)c2c(C#C[Si](C(C)C)(C(C)C)C(C)C)c(F)ccc2c1. The largest absolute Gasteiger partial charge is 0.468 e. The maximum Gasteiger partial charge on any atom is 0.188 e. The monoisotopic (exact) mass is 411 g/mol. The molecule has 5 heteroatoms. The van der Waals surface area contributed by atoms with Crippen molar-refractivity contribution >= 4 is 18.8 Å². The van der Waals surface area contributed by atoms with Gasteiger partial charge in [-0.3, -0.25) is 0 Å². The molecule has 0 unspecified atom stereocenters. The van der Waals surface area contributed by atoms with E-state index in [2.05, 4.69) is 59.1 Å². The maximum atomic E-state index is 14.9. The molecule has 0 aliphatic carbocycles. The molecular weight excluding hydrogens is 381 g/mol. The third-order valence-corrected chi connectivity index (χ3v) is 12.1. The Morgan fingerprint density at radius 2 is 1.66 bits per heavy atom. The number of rotatable bonds is 6. The van der Waals surface area contributed by atoms with Crippen LogP contribution in [0.3, 0.4) is 0 Å². The summed E-state index contributed by atoms with van der Waals surface area (Å²) in [5.74, 6) is 3.31. The molecule has 0 aliphatic heterocycles.